The number of nitro groups is 1. The summed E-state index contributed by atoms with van der Waals surface area (Å²) in [7, 11) is 0. The minimum absolute atomic E-state index is 0.110. The van der Waals surface area contributed by atoms with Gasteiger partial charge >= 0.3 is 5.97 Å². The second kappa shape index (κ2) is 5.92. The molecule has 2 aromatic rings. The molecule has 0 fully saturated rings. The molecule has 0 atom stereocenters. The molecule has 0 radical (unpaired) electrons. The van der Waals surface area contributed by atoms with Gasteiger partial charge in [0.1, 0.15) is 17.1 Å². The lowest BCUT2D eigenvalue weighted by molar-refractivity contribution is -0.384. The summed E-state index contributed by atoms with van der Waals surface area (Å²) in [6, 6.07) is 7.13. The van der Waals surface area contributed by atoms with E-state index in [1.54, 1.807) is 0 Å². The number of nitrogens with zero attached hydrogens (tertiary/aromatic N) is 2. The fourth-order valence-electron chi connectivity index (χ4n) is 1.68. The Morgan fingerprint density at radius 2 is 1.82 bits per heavy atom. The number of benzene rings is 2. The Balaban J connectivity index is 2.36. The minimum atomic E-state index is -1.31. The van der Waals surface area contributed by atoms with E-state index in [9.17, 15) is 25.1 Å². The van der Waals surface area contributed by atoms with Gasteiger partial charge in [-0.2, -0.15) is 0 Å². The summed E-state index contributed by atoms with van der Waals surface area (Å²) < 4.78 is 0. The quantitative estimate of drug-likeness (QED) is 0.451. The van der Waals surface area contributed by atoms with Crippen LogP contribution >= 0.6 is 0 Å². The fourth-order valence-corrected chi connectivity index (χ4v) is 1.68. The first-order valence-electron chi connectivity index (χ1n) is 5.96. The normalized spacial score (nSPS) is 10.7. The van der Waals surface area contributed by atoms with Gasteiger partial charge in [-0.15, -0.1) is 0 Å². The second-order valence-electron chi connectivity index (χ2n) is 4.27. The first kappa shape index (κ1) is 15.0. The smallest absolute Gasteiger partial charge is 0.339 e. The molecule has 0 unspecified atom stereocenters. The van der Waals surface area contributed by atoms with Crippen molar-refractivity contribution in [2.24, 2.45) is 4.99 Å². The van der Waals surface area contributed by atoms with E-state index in [-0.39, 0.29) is 28.3 Å². The molecule has 0 aliphatic rings. The lowest BCUT2D eigenvalue weighted by Crippen LogP contribution is -1.96. The molecule has 8 nitrogen and oxygen atoms in total. The van der Waals surface area contributed by atoms with Gasteiger partial charge in [0.25, 0.3) is 5.69 Å². The Kier molecular flexibility index (Phi) is 4.03. The van der Waals surface area contributed by atoms with Crippen LogP contribution < -0.4 is 0 Å². The molecule has 8 heteroatoms. The zero-order valence-corrected chi connectivity index (χ0v) is 11.0. The molecular weight excluding hydrogens is 292 g/mol. The molecule has 0 spiro atoms. The van der Waals surface area contributed by atoms with Gasteiger partial charge < -0.3 is 15.3 Å². The molecule has 2 rings (SSSR count). The van der Waals surface area contributed by atoms with E-state index in [1.165, 1.54) is 24.4 Å². The maximum Gasteiger partial charge on any atom is 0.339 e. The first-order valence-corrected chi connectivity index (χ1v) is 5.96. The monoisotopic (exact) mass is 302 g/mol. The molecule has 0 saturated carbocycles. The number of carboxylic acids is 1. The third kappa shape index (κ3) is 3.18. The number of phenolic OH excluding ortho intramolecular Hbond substituents is 1. The summed E-state index contributed by atoms with van der Waals surface area (Å²) in [6.45, 7) is 0. The van der Waals surface area contributed by atoms with Gasteiger partial charge in [0.2, 0.25) is 0 Å². The van der Waals surface area contributed by atoms with E-state index in [0.29, 0.717) is 0 Å². The first-order chi connectivity index (χ1) is 10.4. The summed E-state index contributed by atoms with van der Waals surface area (Å²) >= 11 is 0. The third-order valence-corrected chi connectivity index (χ3v) is 2.79. The van der Waals surface area contributed by atoms with Gasteiger partial charge in [0.05, 0.1) is 10.6 Å². The van der Waals surface area contributed by atoms with Crippen LogP contribution in [0, 0.1) is 10.1 Å². The Hall–Kier alpha value is -3.42. The fraction of sp³-hybridized carbons (Fsp3) is 0. The summed E-state index contributed by atoms with van der Waals surface area (Å²) in [5.41, 5.74) is -0.214. The van der Waals surface area contributed by atoms with Crippen LogP contribution in [-0.2, 0) is 0 Å². The summed E-state index contributed by atoms with van der Waals surface area (Å²) in [5, 5.41) is 38.6. The zero-order valence-electron chi connectivity index (χ0n) is 11.0. The predicted octanol–water partition coefficient (Wildman–Crippen LogP) is 2.45. The van der Waals surface area contributed by atoms with Crippen LogP contribution in [0.5, 0.6) is 11.5 Å². The highest BCUT2D eigenvalue weighted by Gasteiger charge is 2.11. The SMILES string of the molecule is O=C(O)c1cc(N=Cc2cc([N+](=O)[O-])ccc2O)ccc1O. The lowest BCUT2D eigenvalue weighted by Gasteiger charge is -2.01. The largest absolute Gasteiger partial charge is 0.507 e. The van der Waals surface area contributed by atoms with Crippen molar-refractivity contribution in [2.75, 3.05) is 0 Å². The number of rotatable bonds is 4. The molecule has 112 valence electrons. The standard InChI is InChI=1S/C14H10N2O6/c17-12-4-2-10(16(21)22)5-8(12)7-15-9-1-3-13(18)11(6-9)14(19)20/h1-7,17-18H,(H,19,20). The van der Waals surface area contributed by atoms with E-state index in [0.717, 1.165) is 18.2 Å². The van der Waals surface area contributed by atoms with Gasteiger partial charge in [-0.25, -0.2) is 4.79 Å². The van der Waals surface area contributed by atoms with Crippen LogP contribution in [0.15, 0.2) is 41.4 Å². The number of aromatic hydroxyl groups is 2. The van der Waals surface area contributed by atoms with Gasteiger partial charge in [0.15, 0.2) is 0 Å². The Morgan fingerprint density at radius 1 is 1.14 bits per heavy atom. The maximum atomic E-state index is 10.9. The van der Waals surface area contributed by atoms with Crippen molar-refractivity contribution in [1.82, 2.24) is 0 Å². The summed E-state index contributed by atoms with van der Waals surface area (Å²) in [5.74, 6) is -1.91. The van der Waals surface area contributed by atoms with Crippen LogP contribution in [0.2, 0.25) is 0 Å². The maximum absolute atomic E-state index is 10.9. The van der Waals surface area contributed by atoms with Crippen LogP contribution in [0.3, 0.4) is 0 Å². The van der Waals surface area contributed by atoms with E-state index >= 15 is 0 Å². The molecule has 22 heavy (non-hydrogen) atoms. The number of aromatic carboxylic acids is 1. The van der Waals surface area contributed by atoms with E-state index in [2.05, 4.69) is 4.99 Å². The predicted molar refractivity (Wildman–Crippen MR) is 77.1 cm³/mol. The molecule has 0 aromatic heterocycles. The van der Waals surface area contributed by atoms with E-state index in [1.807, 2.05) is 0 Å². The van der Waals surface area contributed by atoms with Crippen LogP contribution in [0.4, 0.5) is 11.4 Å². The summed E-state index contributed by atoms with van der Waals surface area (Å²) in [6.07, 6.45) is 1.17. The third-order valence-electron chi connectivity index (χ3n) is 2.79. The van der Waals surface area contributed by atoms with Crippen molar-refractivity contribution in [2.45, 2.75) is 0 Å². The van der Waals surface area contributed by atoms with E-state index < -0.39 is 16.6 Å². The number of nitro benzene ring substituents is 1. The van der Waals surface area contributed by atoms with Crippen LogP contribution in [0.1, 0.15) is 15.9 Å². The number of hydrogen-bond donors (Lipinski definition) is 3. The summed E-state index contributed by atoms with van der Waals surface area (Å²) in [4.78, 5) is 24.9. The number of aliphatic imine (C=N–C) groups is 1. The van der Waals surface area contributed by atoms with Gasteiger partial charge in [0, 0.05) is 23.9 Å². The van der Waals surface area contributed by atoms with Crippen molar-refractivity contribution in [1.29, 1.82) is 0 Å². The van der Waals surface area contributed by atoms with Gasteiger partial charge in [-0.05, 0) is 24.3 Å². The highest BCUT2D eigenvalue weighted by Crippen LogP contribution is 2.25. The minimum Gasteiger partial charge on any atom is -0.507 e. The molecular formula is C14H10N2O6. The second-order valence-corrected chi connectivity index (χ2v) is 4.27. The highest BCUT2D eigenvalue weighted by atomic mass is 16.6. The zero-order chi connectivity index (χ0) is 16.3. The molecule has 0 amide bonds. The topological polar surface area (TPSA) is 133 Å². The van der Waals surface area contributed by atoms with Crippen molar-refractivity contribution in [3.63, 3.8) is 0 Å². The molecule has 0 aliphatic heterocycles. The average Bonchev–Trinajstić information content (AvgIpc) is 2.47. The molecule has 0 aliphatic carbocycles. The van der Waals surface area contributed by atoms with Crippen LogP contribution in [-0.4, -0.2) is 32.4 Å². The van der Waals surface area contributed by atoms with Crippen molar-refractivity contribution < 1.29 is 25.0 Å². The number of phenols is 2. The Morgan fingerprint density at radius 3 is 2.45 bits per heavy atom. The van der Waals surface area contributed by atoms with Crippen molar-refractivity contribution >= 4 is 23.6 Å². The van der Waals surface area contributed by atoms with Crippen molar-refractivity contribution in [3.8, 4) is 11.5 Å². The molecule has 0 saturated heterocycles. The lowest BCUT2D eigenvalue weighted by atomic mass is 10.1. The average molecular weight is 302 g/mol. The van der Waals surface area contributed by atoms with Crippen molar-refractivity contribution in [3.05, 3.63) is 57.6 Å². The molecule has 0 bridgehead atoms. The number of hydrogen-bond acceptors (Lipinski definition) is 6. The number of carboxylic acid groups (broad SMARTS) is 1. The molecule has 3 N–H and O–H groups in total. The Bertz CT molecular complexity index is 785. The van der Waals surface area contributed by atoms with Crippen LogP contribution in [0.25, 0.3) is 0 Å². The van der Waals surface area contributed by atoms with Gasteiger partial charge in [-0.3, -0.25) is 15.1 Å². The highest BCUT2D eigenvalue weighted by molar-refractivity contribution is 5.92. The molecule has 2 aromatic carbocycles. The number of non-ortho nitro benzene ring substituents is 1. The number of carbonyl (C=O) groups is 1. The Labute approximate surface area is 123 Å². The van der Waals surface area contributed by atoms with Gasteiger partial charge in [-0.1, -0.05) is 0 Å². The molecule has 0 heterocycles. The van der Waals surface area contributed by atoms with E-state index in [4.69, 9.17) is 5.11 Å².